The van der Waals surface area contributed by atoms with Crippen molar-refractivity contribution in [1.29, 1.82) is 0 Å². The normalized spacial score (nSPS) is 11.5. The molecule has 0 bridgehead atoms. The van der Waals surface area contributed by atoms with Crippen LogP contribution in [-0.2, 0) is 7.05 Å². The van der Waals surface area contributed by atoms with Crippen molar-refractivity contribution in [2.75, 3.05) is 18.6 Å². The molecular weight excluding hydrogens is 448 g/mol. The molecule has 0 saturated heterocycles. The van der Waals surface area contributed by atoms with Gasteiger partial charge in [-0.3, -0.25) is 0 Å². The van der Waals surface area contributed by atoms with Crippen LogP contribution in [0, 0.1) is 0 Å². The molecule has 2 aromatic carbocycles. The molecule has 0 radical (unpaired) electrons. The molecule has 0 saturated carbocycles. The highest BCUT2D eigenvalue weighted by molar-refractivity contribution is 9.10. The summed E-state index contributed by atoms with van der Waals surface area (Å²) in [6, 6.07) is 11.7. The maximum atomic E-state index is 5.65. The molecule has 0 atom stereocenters. The van der Waals surface area contributed by atoms with Gasteiger partial charge >= 0.3 is 0 Å². The number of nitrogens with zero attached hydrogens (tertiary/aromatic N) is 5. The van der Waals surface area contributed by atoms with E-state index in [9.17, 15) is 0 Å². The number of halogens is 1. The molecule has 4 rings (SSSR count). The lowest BCUT2D eigenvalue weighted by molar-refractivity contribution is 0.288. The van der Waals surface area contributed by atoms with Crippen LogP contribution in [0.25, 0.3) is 22.1 Å². The van der Waals surface area contributed by atoms with E-state index < -0.39 is 0 Å². The van der Waals surface area contributed by atoms with E-state index in [2.05, 4.69) is 41.6 Å². The molecule has 9 heteroatoms. The maximum absolute atomic E-state index is 5.65. The minimum atomic E-state index is 0.319. The number of rotatable bonds is 7. The first-order valence-electron chi connectivity index (χ1n) is 9.57. The molecule has 0 spiro atoms. The monoisotopic (exact) mass is 468 g/mol. The van der Waals surface area contributed by atoms with Gasteiger partial charge in [0, 0.05) is 16.9 Å². The van der Waals surface area contributed by atoms with Crippen LogP contribution < -0.4 is 14.9 Å². The van der Waals surface area contributed by atoms with Crippen LogP contribution in [0.2, 0.25) is 0 Å². The molecule has 2 heterocycles. The third-order valence-corrected chi connectivity index (χ3v) is 5.00. The molecule has 0 fully saturated rings. The number of anilines is 1. The largest absolute Gasteiger partial charge is 0.490 e. The van der Waals surface area contributed by atoms with Crippen LogP contribution in [0.1, 0.15) is 19.4 Å². The smallest absolute Gasteiger partial charge is 0.265 e. The highest BCUT2D eigenvalue weighted by Crippen LogP contribution is 2.29. The minimum absolute atomic E-state index is 0.319. The second kappa shape index (κ2) is 8.66. The molecule has 0 unspecified atom stereocenters. The Kier molecular flexibility index (Phi) is 5.80. The van der Waals surface area contributed by atoms with Crippen molar-refractivity contribution in [3.63, 3.8) is 0 Å². The van der Waals surface area contributed by atoms with Gasteiger partial charge in [0.05, 0.1) is 24.9 Å². The van der Waals surface area contributed by atoms with E-state index in [1.807, 2.05) is 61.9 Å². The number of aromatic nitrogens is 4. The molecular formula is C21H21BrN6O2. The van der Waals surface area contributed by atoms with E-state index >= 15 is 0 Å². The summed E-state index contributed by atoms with van der Waals surface area (Å²) in [5, 5.41) is 13.7. The molecule has 4 aromatic rings. The zero-order chi connectivity index (χ0) is 21.1. The molecule has 0 aliphatic heterocycles. The molecule has 8 nitrogen and oxygen atoms in total. The van der Waals surface area contributed by atoms with Gasteiger partial charge in [-0.2, -0.15) is 10.1 Å². The fourth-order valence-electron chi connectivity index (χ4n) is 3.19. The van der Waals surface area contributed by atoms with Crippen molar-refractivity contribution in [2.24, 2.45) is 12.1 Å². The standard InChI is InChI=1S/C21H21BrN6O2/c1-4-29-17-9-6-13(10-18(17)30-5-2)12-23-26-21-24-20-19(25-27-21)15-11-14(22)7-8-16(15)28(20)3/h6-12H,4-5H2,1-3H3,(H,24,26,27)/b23-12+. The zero-order valence-corrected chi connectivity index (χ0v) is 18.5. The van der Waals surface area contributed by atoms with Gasteiger partial charge in [0.1, 0.15) is 5.52 Å². The van der Waals surface area contributed by atoms with Crippen molar-refractivity contribution >= 4 is 50.2 Å². The van der Waals surface area contributed by atoms with E-state index in [4.69, 9.17) is 9.47 Å². The highest BCUT2D eigenvalue weighted by Gasteiger charge is 2.12. The third-order valence-electron chi connectivity index (χ3n) is 4.51. The van der Waals surface area contributed by atoms with Gasteiger partial charge in [-0.15, -0.1) is 10.2 Å². The Morgan fingerprint density at radius 2 is 1.87 bits per heavy atom. The van der Waals surface area contributed by atoms with Gasteiger partial charge < -0.3 is 14.0 Å². The number of nitrogens with one attached hydrogen (secondary N) is 1. The topological polar surface area (TPSA) is 86.5 Å². The first-order valence-corrected chi connectivity index (χ1v) is 10.4. The van der Waals surface area contributed by atoms with Gasteiger partial charge in [0.2, 0.25) is 0 Å². The summed E-state index contributed by atoms with van der Waals surface area (Å²) in [7, 11) is 1.95. The van der Waals surface area contributed by atoms with E-state index in [1.165, 1.54) is 0 Å². The third kappa shape index (κ3) is 3.93. The van der Waals surface area contributed by atoms with E-state index in [-0.39, 0.29) is 0 Å². The van der Waals surface area contributed by atoms with E-state index in [1.54, 1.807) is 6.21 Å². The molecule has 1 N–H and O–H groups in total. The second-order valence-corrected chi connectivity index (χ2v) is 7.39. The summed E-state index contributed by atoms with van der Waals surface area (Å²) in [4.78, 5) is 4.56. The van der Waals surface area contributed by atoms with Crippen molar-refractivity contribution in [2.45, 2.75) is 13.8 Å². The highest BCUT2D eigenvalue weighted by atomic mass is 79.9. The number of ether oxygens (including phenoxy) is 2. The van der Waals surface area contributed by atoms with Crippen LogP contribution in [0.15, 0.2) is 46.0 Å². The zero-order valence-electron chi connectivity index (χ0n) is 16.9. The Morgan fingerprint density at radius 1 is 1.07 bits per heavy atom. The van der Waals surface area contributed by atoms with Gasteiger partial charge in [-0.25, -0.2) is 5.43 Å². The quantitative estimate of drug-likeness (QED) is 0.316. The Morgan fingerprint density at radius 3 is 2.67 bits per heavy atom. The van der Waals surface area contributed by atoms with Crippen molar-refractivity contribution < 1.29 is 9.47 Å². The minimum Gasteiger partial charge on any atom is -0.490 e. The van der Waals surface area contributed by atoms with E-state index in [0.29, 0.717) is 30.7 Å². The summed E-state index contributed by atoms with van der Waals surface area (Å²) >= 11 is 3.50. The maximum Gasteiger partial charge on any atom is 0.265 e. The first-order chi connectivity index (χ1) is 14.6. The number of fused-ring (bicyclic) bond motifs is 3. The van der Waals surface area contributed by atoms with Crippen LogP contribution in [0.5, 0.6) is 11.5 Å². The first kappa shape index (κ1) is 20.1. The molecule has 30 heavy (non-hydrogen) atoms. The van der Waals surface area contributed by atoms with Crippen molar-refractivity contribution in [3.05, 3.63) is 46.4 Å². The lowest BCUT2D eigenvalue weighted by atomic mass is 10.2. The number of hydrogen-bond donors (Lipinski definition) is 1. The van der Waals surface area contributed by atoms with Crippen molar-refractivity contribution in [1.82, 2.24) is 19.7 Å². The molecule has 0 aliphatic rings. The summed E-state index contributed by atoms with van der Waals surface area (Å²) in [6.45, 7) is 5.01. The summed E-state index contributed by atoms with van der Waals surface area (Å²) in [6.07, 6.45) is 1.67. The fraction of sp³-hybridized carbons (Fsp3) is 0.238. The van der Waals surface area contributed by atoms with Crippen LogP contribution in [-0.4, -0.2) is 39.2 Å². The predicted molar refractivity (Wildman–Crippen MR) is 122 cm³/mol. The summed E-state index contributed by atoms with van der Waals surface area (Å²) in [5.41, 5.74) is 6.22. The Balaban J connectivity index is 1.57. The lowest BCUT2D eigenvalue weighted by Gasteiger charge is -2.11. The van der Waals surface area contributed by atoms with Gasteiger partial charge in [0.25, 0.3) is 5.95 Å². The average molecular weight is 469 g/mol. The van der Waals surface area contributed by atoms with Crippen molar-refractivity contribution in [3.8, 4) is 11.5 Å². The molecule has 2 aromatic heterocycles. The molecule has 0 amide bonds. The lowest BCUT2D eigenvalue weighted by Crippen LogP contribution is -2.01. The number of hydrazone groups is 1. The Hall–Kier alpha value is -3.20. The SMILES string of the molecule is CCOc1ccc(/C=N/Nc2nnc3c4cc(Br)ccc4n(C)c3n2)cc1OCC. The summed E-state index contributed by atoms with van der Waals surface area (Å²) in [5.74, 6) is 1.72. The van der Waals surface area contributed by atoms with Crippen LogP contribution in [0.3, 0.4) is 0 Å². The Bertz CT molecular complexity index is 1240. The predicted octanol–water partition coefficient (Wildman–Crippen LogP) is 4.52. The number of aryl methyl sites for hydroxylation is 1. The van der Waals surface area contributed by atoms with Crippen LogP contribution >= 0.6 is 15.9 Å². The van der Waals surface area contributed by atoms with Gasteiger partial charge in [-0.1, -0.05) is 15.9 Å². The molecule has 0 aliphatic carbocycles. The second-order valence-electron chi connectivity index (χ2n) is 6.47. The van der Waals surface area contributed by atoms with Crippen LogP contribution in [0.4, 0.5) is 5.95 Å². The van der Waals surface area contributed by atoms with E-state index in [0.717, 1.165) is 32.1 Å². The average Bonchev–Trinajstić information content (AvgIpc) is 3.01. The summed E-state index contributed by atoms with van der Waals surface area (Å²) < 4.78 is 14.2. The molecule has 154 valence electrons. The number of hydrogen-bond acceptors (Lipinski definition) is 7. The fourth-order valence-corrected chi connectivity index (χ4v) is 3.55. The Labute approximate surface area is 182 Å². The van der Waals surface area contributed by atoms with Gasteiger partial charge in [-0.05, 0) is 55.8 Å². The number of benzene rings is 2. The van der Waals surface area contributed by atoms with Gasteiger partial charge in [0.15, 0.2) is 17.1 Å².